The Hall–Kier alpha value is -1.89. The third-order valence-electron chi connectivity index (χ3n) is 1.05. The molecule has 0 spiro atoms. The van der Waals surface area contributed by atoms with Gasteiger partial charge in [-0.2, -0.15) is 0 Å². The SMILES string of the molecule is O=C(O)CONc1cc(=O)[nH]cn1. The highest BCUT2D eigenvalue weighted by atomic mass is 16.7. The van der Waals surface area contributed by atoms with Crippen LogP contribution >= 0.6 is 0 Å². The smallest absolute Gasteiger partial charge is 0.332 e. The van der Waals surface area contributed by atoms with E-state index in [2.05, 4.69) is 20.3 Å². The number of aromatic amines is 1. The number of anilines is 1. The maximum atomic E-state index is 10.7. The Morgan fingerprint density at radius 3 is 3.15 bits per heavy atom. The van der Waals surface area contributed by atoms with E-state index >= 15 is 0 Å². The van der Waals surface area contributed by atoms with Gasteiger partial charge in [0.2, 0.25) is 0 Å². The average molecular weight is 185 g/mol. The summed E-state index contributed by atoms with van der Waals surface area (Å²) in [6, 6.07) is 1.14. The van der Waals surface area contributed by atoms with Gasteiger partial charge in [0.15, 0.2) is 12.4 Å². The van der Waals surface area contributed by atoms with Gasteiger partial charge in [-0.05, 0) is 0 Å². The van der Waals surface area contributed by atoms with Gasteiger partial charge in [0.25, 0.3) is 5.56 Å². The molecule has 0 radical (unpaired) electrons. The molecule has 7 nitrogen and oxygen atoms in total. The third kappa shape index (κ3) is 3.34. The molecule has 0 saturated heterocycles. The molecule has 0 aliphatic carbocycles. The van der Waals surface area contributed by atoms with E-state index in [1.165, 1.54) is 6.33 Å². The third-order valence-corrected chi connectivity index (χ3v) is 1.05. The highest BCUT2D eigenvalue weighted by molar-refractivity contribution is 5.68. The van der Waals surface area contributed by atoms with Crippen LogP contribution in [0.15, 0.2) is 17.2 Å². The van der Waals surface area contributed by atoms with Crippen LogP contribution in [-0.4, -0.2) is 27.7 Å². The molecule has 1 aromatic heterocycles. The predicted octanol–water partition coefficient (Wildman–Crippen LogP) is -0.802. The lowest BCUT2D eigenvalue weighted by atomic mass is 10.6. The van der Waals surface area contributed by atoms with Crippen molar-refractivity contribution < 1.29 is 14.7 Å². The van der Waals surface area contributed by atoms with Gasteiger partial charge in [0.05, 0.1) is 6.33 Å². The van der Waals surface area contributed by atoms with Gasteiger partial charge in [0.1, 0.15) is 0 Å². The van der Waals surface area contributed by atoms with Crippen molar-refractivity contribution in [3.05, 3.63) is 22.7 Å². The number of aromatic nitrogens is 2. The van der Waals surface area contributed by atoms with E-state index in [1.807, 2.05) is 0 Å². The summed E-state index contributed by atoms with van der Waals surface area (Å²) in [6.45, 7) is -0.505. The largest absolute Gasteiger partial charge is 0.479 e. The summed E-state index contributed by atoms with van der Waals surface area (Å²) >= 11 is 0. The molecule has 0 aliphatic rings. The number of aliphatic carboxylic acids is 1. The van der Waals surface area contributed by atoms with Gasteiger partial charge in [-0.1, -0.05) is 0 Å². The molecule has 1 rings (SSSR count). The van der Waals surface area contributed by atoms with Crippen LogP contribution in [0.25, 0.3) is 0 Å². The second-order valence-electron chi connectivity index (χ2n) is 2.08. The van der Waals surface area contributed by atoms with E-state index in [1.54, 1.807) is 0 Å². The lowest BCUT2D eigenvalue weighted by molar-refractivity contribution is -0.141. The van der Waals surface area contributed by atoms with Crippen molar-refractivity contribution in [1.29, 1.82) is 0 Å². The second-order valence-corrected chi connectivity index (χ2v) is 2.08. The lowest BCUT2D eigenvalue weighted by Crippen LogP contribution is -2.14. The summed E-state index contributed by atoms with van der Waals surface area (Å²) in [4.78, 5) is 31.1. The van der Waals surface area contributed by atoms with Crippen LogP contribution in [0.3, 0.4) is 0 Å². The van der Waals surface area contributed by atoms with Crippen LogP contribution in [0.5, 0.6) is 0 Å². The highest BCUT2D eigenvalue weighted by Crippen LogP contribution is 1.93. The Labute approximate surface area is 72.3 Å². The number of nitrogens with one attached hydrogen (secondary N) is 2. The van der Waals surface area contributed by atoms with E-state index in [-0.39, 0.29) is 11.4 Å². The van der Waals surface area contributed by atoms with Crippen molar-refractivity contribution >= 4 is 11.8 Å². The monoisotopic (exact) mass is 185 g/mol. The number of H-pyrrole nitrogens is 1. The van der Waals surface area contributed by atoms with Crippen LogP contribution in [-0.2, 0) is 9.63 Å². The molecular weight excluding hydrogens is 178 g/mol. The Morgan fingerprint density at radius 1 is 1.77 bits per heavy atom. The molecule has 0 bridgehead atoms. The first kappa shape index (κ1) is 9.20. The molecule has 7 heteroatoms. The van der Waals surface area contributed by atoms with Crippen molar-refractivity contribution in [3.63, 3.8) is 0 Å². The Kier molecular flexibility index (Phi) is 2.98. The van der Waals surface area contributed by atoms with E-state index in [9.17, 15) is 9.59 Å². The van der Waals surface area contributed by atoms with Gasteiger partial charge >= 0.3 is 5.97 Å². The Balaban J connectivity index is 2.45. The first-order chi connectivity index (χ1) is 6.18. The van der Waals surface area contributed by atoms with Crippen LogP contribution in [0.1, 0.15) is 0 Å². The molecule has 3 N–H and O–H groups in total. The van der Waals surface area contributed by atoms with Crippen molar-refractivity contribution in [2.45, 2.75) is 0 Å². The van der Waals surface area contributed by atoms with Gasteiger partial charge in [0, 0.05) is 6.07 Å². The molecule has 0 saturated carbocycles. The minimum Gasteiger partial charge on any atom is -0.479 e. The summed E-state index contributed by atoms with van der Waals surface area (Å²) in [6.07, 6.45) is 1.18. The average Bonchev–Trinajstić information content (AvgIpc) is 2.03. The summed E-state index contributed by atoms with van der Waals surface area (Å²) in [7, 11) is 0. The summed E-state index contributed by atoms with van der Waals surface area (Å²) in [5.41, 5.74) is 1.85. The van der Waals surface area contributed by atoms with Crippen molar-refractivity contribution in [2.75, 3.05) is 12.1 Å². The number of rotatable bonds is 4. The summed E-state index contributed by atoms with van der Waals surface area (Å²) < 4.78 is 0. The van der Waals surface area contributed by atoms with E-state index in [4.69, 9.17) is 5.11 Å². The number of hydrogen-bond donors (Lipinski definition) is 3. The number of hydrogen-bond acceptors (Lipinski definition) is 5. The molecule has 0 unspecified atom stereocenters. The van der Waals surface area contributed by atoms with Gasteiger partial charge in [-0.25, -0.2) is 15.3 Å². The molecule has 1 heterocycles. The predicted molar refractivity (Wildman–Crippen MR) is 42.1 cm³/mol. The van der Waals surface area contributed by atoms with E-state index in [0.29, 0.717) is 0 Å². The first-order valence-corrected chi connectivity index (χ1v) is 3.33. The maximum absolute atomic E-state index is 10.7. The molecule has 0 atom stereocenters. The molecule has 0 aliphatic heterocycles. The van der Waals surface area contributed by atoms with Crippen molar-refractivity contribution in [3.8, 4) is 0 Å². The molecule has 13 heavy (non-hydrogen) atoms. The maximum Gasteiger partial charge on any atom is 0.332 e. The van der Waals surface area contributed by atoms with Crippen LogP contribution in [0.2, 0.25) is 0 Å². The topological polar surface area (TPSA) is 104 Å². The lowest BCUT2D eigenvalue weighted by Gasteiger charge is -2.01. The van der Waals surface area contributed by atoms with E-state index < -0.39 is 12.6 Å². The quantitative estimate of drug-likeness (QED) is 0.530. The fraction of sp³-hybridized carbons (Fsp3) is 0.167. The van der Waals surface area contributed by atoms with E-state index in [0.717, 1.165) is 6.07 Å². The van der Waals surface area contributed by atoms with Crippen LogP contribution < -0.4 is 11.0 Å². The Morgan fingerprint density at radius 2 is 2.54 bits per heavy atom. The molecule has 0 amide bonds. The molecule has 70 valence electrons. The number of carboxylic acid groups (broad SMARTS) is 1. The summed E-state index contributed by atoms with van der Waals surface area (Å²) in [5.74, 6) is -0.956. The zero-order chi connectivity index (χ0) is 9.68. The highest BCUT2D eigenvalue weighted by Gasteiger charge is 1.97. The fourth-order valence-corrected chi connectivity index (χ4v) is 0.596. The van der Waals surface area contributed by atoms with Gasteiger partial charge < -0.3 is 10.1 Å². The van der Waals surface area contributed by atoms with Crippen molar-refractivity contribution in [1.82, 2.24) is 9.97 Å². The van der Waals surface area contributed by atoms with Crippen LogP contribution in [0, 0.1) is 0 Å². The first-order valence-electron chi connectivity index (χ1n) is 3.33. The normalized spacial score (nSPS) is 9.54. The van der Waals surface area contributed by atoms with Crippen molar-refractivity contribution in [2.24, 2.45) is 0 Å². The zero-order valence-electron chi connectivity index (χ0n) is 6.48. The number of carboxylic acids is 1. The minimum atomic E-state index is -1.11. The van der Waals surface area contributed by atoms with Gasteiger partial charge in [-0.15, -0.1) is 0 Å². The van der Waals surface area contributed by atoms with Gasteiger partial charge in [-0.3, -0.25) is 9.63 Å². The molecule has 1 aromatic rings. The number of carbonyl (C=O) groups is 1. The standard InChI is InChI=1S/C6H7N3O4/c10-5-1-4(7-3-8-5)9-13-2-6(11)12/h1,3H,2H2,(H,11,12)(H2,7,8,9,10). The van der Waals surface area contributed by atoms with Crippen LogP contribution in [0.4, 0.5) is 5.82 Å². The minimum absolute atomic E-state index is 0.157. The molecular formula is C6H7N3O4. The zero-order valence-corrected chi connectivity index (χ0v) is 6.48. The number of nitrogens with zero attached hydrogens (tertiary/aromatic N) is 1. The second kappa shape index (κ2) is 4.21. The fourth-order valence-electron chi connectivity index (χ4n) is 0.596. The molecule has 0 fully saturated rings. The Bertz CT molecular complexity index is 348. The summed E-state index contributed by atoms with van der Waals surface area (Å²) in [5, 5.41) is 8.19. The molecule has 0 aromatic carbocycles.